The van der Waals surface area contributed by atoms with Crippen molar-refractivity contribution in [1.29, 1.82) is 0 Å². The summed E-state index contributed by atoms with van der Waals surface area (Å²) in [6.45, 7) is 6.55. The van der Waals surface area contributed by atoms with E-state index in [9.17, 15) is 0 Å². The lowest BCUT2D eigenvalue weighted by Gasteiger charge is -2.20. The summed E-state index contributed by atoms with van der Waals surface area (Å²) in [6, 6.07) is 6.08. The number of tetrazole rings is 1. The van der Waals surface area contributed by atoms with E-state index >= 15 is 0 Å². The first-order valence-electron chi connectivity index (χ1n) is 6.55. The minimum Gasteiger partial charge on any atom is -0.196 e. The fourth-order valence-corrected chi connectivity index (χ4v) is 2.30. The van der Waals surface area contributed by atoms with E-state index < -0.39 is 0 Å². The van der Waals surface area contributed by atoms with Crippen LogP contribution in [0.1, 0.15) is 50.9 Å². The molecule has 100 valence electrons. The zero-order valence-corrected chi connectivity index (χ0v) is 12.1. The molecule has 1 heterocycles. The maximum atomic E-state index is 6.32. The van der Waals surface area contributed by atoms with E-state index in [0.29, 0.717) is 10.9 Å². The summed E-state index contributed by atoms with van der Waals surface area (Å²) >= 11 is 6.32. The highest BCUT2D eigenvalue weighted by atomic mass is 35.5. The molecule has 0 aliphatic heterocycles. The zero-order chi connectivity index (χ0) is 13.6. The van der Waals surface area contributed by atoms with Crippen molar-refractivity contribution in [1.82, 2.24) is 20.2 Å². The van der Waals surface area contributed by atoms with Gasteiger partial charge in [0.1, 0.15) is 0 Å². The molecule has 0 amide bonds. The summed E-state index contributed by atoms with van der Waals surface area (Å²) in [7, 11) is 0. The second-order valence-electron chi connectivity index (χ2n) is 6.14. The van der Waals surface area contributed by atoms with Gasteiger partial charge in [-0.25, -0.2) is 0 Å². The molecular formula is C14H17ClN4. The van der Waals surface area contributed by atoms with Crippen molar-refractivity contribution < 1.29 is 0 Å². The van der Waals surface area contributed by atoms with Gasteiger partial charge in [-0.2, -0.15) is 4.68 Å². The number of rotatable bonds is 2. The van der Waals surface area contributed by atoms with Crippen LogP contribution in [0.5, 0.6) is 0 Å². The lowest BCUT2D eigenvalue weighted by Crippen LogP contribution is -2.12. The quantitative estimate of drug-likeness (QED) is 0.843. The van der Waals surface area contributed by atoms with Crippen molar-refractivity contribution in [3.63, 3.8) is 0 Å². The molecule has 0 saturated heterocycles. The van der Waals surface area contributed by atoms with Crippen LogP contribution in [0.4, 0.5) is 0 Å². The highest BCUT2D eigenvalue weighted by molar-refractivity contribution is 6.32. The molecule has 1 aliphatic rings. The van der Waals surface area contributed by atoms with Crippen molar-refractivity contribution in [2.75, 3.05) is 0 Å². The van der Waals surface area contributed by atoms with E-state index in [4.69, 9.17) is 11.6 Å². The third-order valence-electron chi connectivity index (χ3n) is 3.48. The molecule has 0 spiro atoms. The normalized spacial score (nSPS) is 15.8. The van der Waals surface area contributed by atoms with Crippen molar-refractivity contribution >= 4 is 11.6 Å². The lowest BCUT2D eigenvalue weighted by molar-refractivity contribution is 0.589. The highest BCUT2D eigenvalue weighted by Gasteiger charge is 2.30. The summed E-state index contributed by atoms with van der Waals surface area (Å²) in [5.74, 6) is 1.41. The zero-order valence-electron chi connectivity index (χ0n) is 11.4. The monoisotopic (exact) mass is 276 g/mol. The third kappa shape index (κ3) is 2.37. The molecule has 0 atom stereocenters. The SMILES string of the molecule is CC(C)(C)c1ccc(Cl)c(-n2nnnc2C2CC2)c1. The molecule has 1 aromatic heterocycles. The van der Waals surface area contributed by atoms with Gasteiger partial charge >= 0.3 is 0 Å². The van der Waals surface area contributed by atoms with Crippen molar-refractivity contribution in [3.8, 4) is 5.69 Å². The Morgan fingerprint density at radius 3 is 2.63 bits per heavy atom. The second-order valence-corrected chi connectivity index (χ2v) is 6.55. The topological polar surface area (TPSA) is 43.6 Å². The number of halogens is 1. The Morgan fingerprint density at radius 1 is 1.26 bits per heavy atom. The number of hydrogen-bond acceptors (Lipinski definition) is 3. The summed E-state index contributed by atoms with van der Waals surface area (Å²) < 4.78 is 1.79. The van der Waals surface area contributed by atoms with Crippen LogP contribution in [0.15, 0.2) is 18.2 Å². The molecule has 1 aromatic carbocycles. The fourth-order valence-electron chi connectivity index (χ4n) is 2.10. The molecule has 0 unspecified atom stereocenters. The van der Waals surface area contributed by atoms with Gasteiger partial charge in [-0.1, -0.05) is 38.4 Å². The minimum absolute atomic E-state index is 0.0765. The van der Waals surface area contributed by atoms with Crippen molar-refractivity contribution in [2.24, 2.45) is 0 Å². The van der Waals surface area contributed by atoms with E-state index in [1.165, 1.54) is 5.56 Å². The number of benzene rings is 1. The predicted molar refractivity (Wildman–Crippen MR) is 74.8 cm³/mol. The van der Waals surface area contributed by atoms with Gasteiger partial charge in [0.15, 0.2) is 5.82 Å². The smallest absolute Gasteiger partial charge is 0.159 e. The maximum Gasteiger partial charge on any atom is 0.159 e. The first-order valence-corrected chi connectivity index (χ1v) is 6.93. The average molecular weight is 277 g/mol. The first-order chi connectivity index (χ1) is 8.97. The molecule has 3 rings (SSSR count). The average Bonchev–Trinajstić information content (AvgIpc) is 3.07. The summed E-state index contributed by atoms with van der Waals surface area (Å²) in [5.41, 5.74) is 2.18. The van der Waals surface area contributed by atoms with Crippen LogP contribution in [0.25, 0.3) is 5.69 Å². The van der Waals surface area contributed by atoms with E-state index in [1.807, 2.05) is 6.07 Å². The molecule has 19 heavy (non-hydrogen) atoms. The fraction of sp³-hybridized carbons (Fsp3) is 0.500. The Hall–Kier alpha value is -1.42. The third-order valence-corrected chi connectivity index (χ3v) is 3.80. The standard InChI is InChI=1S/C14H17ClN4/c1-14(2,3)10-6-7-11(15)12(8-10)19-13(9-4-5-9)16-17-18-19/h6-9H,4-5H2,1-3H3. The van der Waals surface area contributed by atoms with E-state index in [2.05, 4.69) is 48.4 Å². The highest BCUT2D eigenvalue weighted by Crippen LogP contribution is 2.40. The summed E-state index contributed by atoms with van der Waals surface area (Å²) in [5, 5.41) is 12.7. The molecule has 1 saturated carbocycles. The van der Waals surface area contributed by atoms with Gasteiger partial charge in [0.25, 0.3) is 0 Å². The molecule has 2 aromatic rings. The van der Waals surface area contributed by atoms with Crippen LogP contribution < -0.4 is 0 Å². The van der Waals surface area contributed by atoms with Crippen LogP contribution in [0.2, 0.25) is 5.02 Å². The minimum atomic E-state index is 0.0765. The number of aromatic nitrogens is 4. The summed E-state index contributed by atoms with van der Waals surface area (Å²) in [4.78, 5) is 0. The molecule has 0 bridgehead atoms. The molecule has 1 aliphatic carbocycles. The maximum absolute atomic E-state index is 6.32. The summed E-state index contributed by atoms with van der Waals surface area (Å²) in [6.07, 6.45) is 2.33. The first kappa shape index (κ1) is 12.6. The van der Waals surface area contributed by atoms with Crippen LogP contribution in [0.3, 0.4) is 0 Å². The van der Waals surface area contributed by atoms with E-state index in [0.717, 1.165) is 24.4 Å². The predicted octanol–water partition coefficient (Wildman–Crippen LogP) is 3.49. The van der Waals surface area contributed by atoms with Gasteiger partial charge in [-0.15, -0.1) is 5.10 Å². The molecule has 0 N–H and O–H groups in total. The van der Waals surface area contributed by atoms with Gasteiger partial charge < -0.3 is 0 Å². The molecule has 0 radical (unpaired) electrons. The molecule has 5 heteroatoms. The number of nitrogens with zero attached hydrogens (tertiary/aromatic N) is 4. The van der Waals surface area contributed by atoms with Crippen LogP contribution in [0, 0.1) is 0 Å². The van der Waals surface area contributed by atoms with Gasteiger partial charge in [0.05, 0.1) is 10.7 Å². The van der Waals surface area contributed by atoms with Crippen molar-refractivity contribution in [2.45, 2.75) is 44.9 Å². The second kappa shape index (κ2) is 4.30. The van der Waals surface area contributed by atoms with Gasteiger partial charge in [-0.3, -0.25) is 0 Å². The van der Waals surface area contributed by atoms with Gasteiger partial charge in [0, 0.05) is 5.92 Å². The Bertz CT molecular complexity index is 608. The largest absolute Gasteiger partial charge is 0.196 e. The van der Waals surface area contributed by atoms with Gasteiger partial charge in [-0.05, 0) is 46.4 Å². The Kier molecular flexibility index (Phi) is 2.86. The Morgan fingerprint density at radius 2 is 2.00 bits per heavy atom. The van der Waals surface area contributed by atoms with Crippen LogP contribution in [-0.4, -0.2) is 20.2 Å². The molecular weight excluding hydrogens is 260 g/mol. The molecule has 1 fully saturated rings. The lowest BCUT2D eigenvalue weighted by atomic mass is 9.87. The van der Waals surface area contributed by atoms with E-state index in [1.54, 1.807) is 4.68 Å². The van der Waals surface area contributed by atoms with E-state index in [-0.39, 0.29) is 5.41 Å². The van der Waals surface area contributed by atoms with Crippen molar-refractivity contribution in [3.05, 3.63) is 34.6 Å². The van der Waals surface area contributed by atoms with Gasteiger partial charge in [0.2, 0.25) is 0 Å². The Labute approximate surface area is 117 Å². The molecule has 4 nitrogen and oxygen atoms in total. The number of hydrogen-bond donors (Lipinski definition) is 0. The van der Waals surface area contributed by atoms with Crippen LogP contribution in [-0.2, 0) is 5.41 Å². The Balaban J connectivity index is 2.10. The van der Waals surface area contributed by atoms with Crippen LogP contribution >= 0.6 is 11.6 Å².